The van der Waals surface area contributed by atoms with Gasteiger partial charge in [0, 0.05) is 24.4 Å². The van der Waals surface area contributed by atoms with Gasteiger partial charge in [-0.15, -0.1) is 11.3 Å². The molecule has 1 aromatic carbocycles. The van der Waals surface area contributed by atoms with E-state index in [1.807, 2.05) is 6.07 Å². The maximum atomic E-state index is 4.70. The summed E-state index contributed by atoms with van der Waals surface area (Å²) in [6, 6.07) is 12.7. The van der Waals surface area contributed by atoms with Gasteiger partial charge in [-0.2, -0.15) is 4.98 Å². The van der Waals surface area contributed by atoms with Crippen molar-refractivity contribution in [3.63, 3.8) is 0 Å². The number of rotatable bonds is 6. The molecule has 0 saturated heterocycles. The fourth-order valence-electron chi connectivity index (χ4n) is 1.97. The number of nitrogens with zero attached hydrogens (tertiary/aromatic N) is 2. The lowest BCUT2D eigenvalue weighted by Gasteiger charge is -2.00. The van der Waals surface area contributed by atoms with Crippen molar-refractivity contribution in [2.75, 3.05) is 6.54 Å². The van der Waals surface area contributed by atoms with Gasteiger partial charge in [0.25, 0.3) is 0 Å². The first-order valence-corrected chi connectivity index (χ1v) is 7.38. The standard InChI is InChI=1S/C15H15N3OS/c1-2-4-12(5-3-1)13-8-14(20-10-13)9-16-7-6-15-17-11-19-18-15/h1-5,8,10-11,16H,6-7,9H2. The highest BCUT2D eigenvalue weighted by Gasteiger charge is 2.02. The number of thiophene rings is 1. The Morgan fingerprint density at radius 3 is 2.85 bits per heavy atom. The lowest BCUT2D eigenvalue weighted by molar-refractivity contribution is 0.409. The van der Waals surface area contributed by atoms with Crippen molar-refractivity contribution in [2.24, 2.45) is 0 Å². The number of benzene rings is 1. The smallest absolute Gasteiger partial charge is 0.213 e. The topological polar surface area (TPSA) is 51.0 Å². The second-order valence-corrected chi connectivity index (χ2v) is 5.44. The summed E-state index contributed by atoms with van der Waals surface area (Å²) in [6.07, 6.45) is 2.15. The predicted octanol–water partition coefficient (Wildman–Crippen LogP) is 3.13. The molecule has 4 nitrogen and oxygen atoms in total. The van der Waals surface area contributed by atoms with Gasteiger partial charge in [-0.05, 0) is 22.6 Å². The van der Waals surface area contributed by atoms with Crippen LogP contribution in [0.2, 0.25) is 0 Å². The predicted molar refractivity (Wildman–Crippen MR) is 79.5 cm³/mol. The van der Waals surface area contributed by atoms with Crippen molar-refractivity contribution in [3.05, 3.63) is 58.9 Å². The summed E-state index contributed by atoms with van der Waals surface area (Å²) in [5.41, 5.74) is 2.55. The van der Waals surface area contributed by atoms with Gasteiger partial charge in [0.1, 0.15) is 0 Å². The highest BCUT2D eigenvalue weighted by atomic mass is 32.1. The van der Waals surface area contributed by atoms with Crippen LogP contribution in [-0.2, 0) is 13.0 Å². The summed E-state index contributed by atoms with van der Waals surface area (Å²) in [7, 11) is 0. The summed E-state index contributed by atoms with van der Waals surface area (Å²) >= 11 is 1.78. The van der Waals surface area contributed by atoms with Crippen molar-refractivity contribution in [1.29, 1.82) is 0 Å². The summed E-state index contributed by atoms with van der Waals surface area (Å²) < 4.78 is 4.70. The zero-order valence-electron chi connectivity index (χ0n) is 11.0. The van der Waals surface area contributed by atoms with E-state index in [0.717, 1.165) is 25.3 Å². The molecule has 0 atom stereocenters. The molecule has 5 heteroatoms. The molecule has 0 bridgehead atoms. The van der Waals surface area contributed by atoms with E-state index >= 15 is 0 Å². The third-order valence-corrected chi connectivity index (χ3v) is 3.93. The van der Waals surface area contributed by atoms with Crippen LogP contribution in [0.15, 0.2) is 52.7 Å². The Morgan fingerprint density at radius 2 is 2.05 bits per heavy atom. The van der Waals surface area contributed by atoms with Crippen LogP contribution in [-0.4, -0.2) is 16.7 Å². The molecule has 0 aliphatic rings. The second-order valence-electron chi connectivity index (χ2n) is 4.44. The number of nitrogens with one attached hydrogen (secondary N) is 1. The fourth-order valence-corrected chi connectivity index (χ4v) is 2.83. The van der Waals surface area contributed by atoms with E-state index in [4.69, 9.17) is 4.52 Å². The maximum absolute atomic E-state index is 4.70. The van der Waals surface area contributed by atoms with E-state index < -0.39 is 0 Å². The third kappa shape index (κ3) is 3.31. The Balaban J connectivity index is 1.50. The van der Waals surface area contributed by atoms with Crippen molar-refractivity contribution < 1.29 is 4.52 Å². The SMILES string of the molecule is c1ccc(-c2csc(CNCCc3ncon3)c2)cc1. The molecule has 3 rings (SSSR count). The van der Waals surface area contributed by atoms with Gasteiger partial charge < -0.3 is 9.84 Å². The molecule has 0 aliphatic heterocycles. The van der Waals surface area contributed by atoms with Gasteiger partial charge in [-0.1, -0.05) is 35.5 Å². The third-order valence-electron chi connectivity index (χ3n) is 2.99. The monoisotopic (exact) mass is 285 g/mol. The molecule has 3 aromatic rings. The molecular weight excluding hydrogens is 270 g/mol. The molecule has 0 amide bonds. The van der Waals surface area contributed by atoms with Crippen LogP contribution < -0.4 is 5.32 Å². The van der Waals surface area contributed by atoms with Crippen molar-refractivity contribution in [3.8, 4) is 11.1 Å². The Bertz CT molecular complexity index is 634. The van der Waals surface area contributed by atoms with Crippen LogP contribution in [0.3, 0.4) is 0 Å². The van der Waals surface area contributed by atoms with Crippen LogP contribution in [0.1, 0.15) is 10.7 Å². The fraction of sp³-hybridized carbons (Fsp3) is 0.200. The lowest BCUT2D eigenvalue weighted by atomic mass is 10.1. The van der Waals surface area contributed by atoms with Crippen molar-refractivity contribution in [2.45, 2.75) is 13.0 Å². The molecule has 20 heavy (non-hydrogen) atoms. The molecule has 0 fully saturated rings. The Kier molecular flexibility index (Phi) is 4.20. The van der Waals surface area contributed by atoms with Gasteiger partial charge in [-0.25, -0.2) is 0 Å². The van der Waals surface area contributed by atoms with Gasteiger partial charge in [0.05, 0.1) is 0 Å². The van der Waals surface area contributed by atoms with E-state index in [-0.39, 0.29) is 0 Å². The molecule has 2 aromatic heterocycles. The second kappa shape index (κ2) is 6.45. The highest BCUT2D eigenvalue weighted by molar-refractivity contribution is 7.10. The minimum absolute atomic E-state index is 0.744. The largest absolute Gasteiger partial charge is 0.343 e. The number of aromatic nitrogens is 2. The minimum atomic E-state index is 0.744. The lowest BCUT2D eigenvalue weighted by Crippen LogP contribution is -2.16. The molecule has 2 heterocycles. The molecule has 0 spiro atoms. The number of hydrogen-bond acceptors (Lipinski definition) is 5. The normalized spacial score (nSPS) is 10.8. The molecule has 0 unspecified atom stereocenters. The first-order chi connectivity index (χ1) is 9.92. The Morgan fingerprint density at radius 1 is 1.15 bits per heavy atom. The quantitative estimate of drug-likeness (QED) is 0.707. The summed E-state index contributed by atoms with van der Waals surface area (Å²) in [5.74, 6) is 0.744. The molecule has 102 valence electrons. The van der Waals surface area contributed by atoms with Crippen LogP contribution >= 0.6 is 11.3 Å². The van der Waals surface area contributed by atoms with E-state index in [1.165, 1.54) is 22.4 Å². The van der Waals surface area contributed by atoms with Crippen molar-refractivity contribution >= 4 is 11.3 Å². The van der Waals surface area contributed by atoms with E-state index in [9.17, 15) is 0 Å². The molecule has 0 saturated carbocycles. The average Bonchev–Trinajstić information content (AvgIpc) is 3.16. The van der Waals surface area contributed by atoms with Gasteiger partial charge in [0.15, 0.2) is 5.82 Å². The summed E-state index contributed by atoms with van der Waals surface area (Å²) in [4.78, 5) is 5.32. The van der Waals surface area contributed by atoms with E-state index in [1.54, 1.807) is 11.3 Å². The summed E-state index contributed by atoms with van der Waals surface area (Å²) in [6.45, 7) is 1.72. The first-order valence-electron chi connectivity index (χ1n) is 6.50. The maximum Gasteiger partial charge on any atom is 0.213 e. The van der Waals surface area contributed by atoms with Gasteiger partial charge in [0.2, 0.25) is 6.39 Å². The zero-order chi connectivity index (χ0) is 13.6. The minimum Gasteiger partial charge on any atom is -0.343 e. The first kappa shape index (κ1) is 13.0. The van der Waals surface area contributed by atoms with Crippen LogP contribution in [0.4, 0.5) is 0 Å². The average molecular weight is 285 g/mol. The molecule has 0 aliphatic carbocycles. The number of hydrogen-bond donors (Lipinski definition) is 1. The zero-order valence-corrected chi connectivity index (χ0v) is 11.8. The molecule has 0 radical (unpaired) electrons. The van der Waals surface area contributed by atoms with Crippen LogP contribution in [0.5, 0.6) is 0 Å². The van der Waals surface area contributed by atoms with Crippen molar-refractivity contribution in [1.82, 2.24) is 15.5 Å². The molecule has 1 N–H and O–H groups in total. The highest BCUT2D eigenvalue weighted by Crippen LogP contribution is 2.25. The van der Waals surface area contributed by atoms with E-state index in [2.05, 4.69) is 51.2 Å². The Labute approximate surface area is 121 Å². The van der Waals surface area contributed by atoms with Gasteiger partial charge in [-0.3, -0.25) is 0 Å². The molecular formula is C15H15N3OS. The van der Waals surface area contributed by atoms with Crippen LogP contribution in [0.25, 0.3) is 11.1 Å². The van der Waals surface area contributed by atoms with Crippen LogP contribution in [0, 0.1) is 0 Å². The summed E-state index contributed by atoms with van der Waals surface area (Å²) in [5, 5.41) is 9.37. The van der Waals surface area contributed by atoms with E-state index in [0.29, 0.717) is 0 Å². The van der Waals surface area contributed by atoms with Gasteiger partial charge >= 0.3 is 0 Å². The Hall–Kier alpha value is -1.98.